The van der Waals surface area contributed by atoms with E-state index in [4.69, 9.17) is 9.47 Å². The number of ether oxygens (including phenoxy) is 2. The van der Waals surface area contributed by atoms with Gasteiger partial charge in [-0.15, -0.1) is 0 Å². The Morgan fingerprint density at radius 3 is 2.67 bits per heavy atom. The quantitative estimate of drug-likeness (QED) is 0.373. The number of hydrogen-bond donors (Lipinski definition) is 2. The third-order valence-electron chi connectivity index (χ3n) is 5.27. The molecule has 33 heavy (non-hydrogen) atoms. The van der Waals surface area contributed by atoms with Crippen molar-refractivity contribution >= 4 is 23.5 Å². The van der Waals surface area contributed by atoms with Crippen LogP contribution in [0.4, 0.5) is 10.2 Å². The number of rotatable bonds is 8. The number of amides is 1. The monoisotopic (exact) mass is 469 g/mol. The van der Waals surface area contributed by atoms with E-state index in [1.165, 1.54) is 23.9 Å². The van der Waals surface area contributed by atoms with Crippen LogP contribution in [0, 0.1) is 5.82 Å². The van der Waals surface area contributed by atoms with E-state index in [0.29, 0.717) is 34.6 Å². The molecule has 7 nitrogen and oxygen atoms in total. The van der Waals surface area contributed by atoms with Crippen molar-refractivity contribution in [1.82, 2.24) is 9.97 Å². The highest BCUT2D eigenvalue weighted by Crippen LogP contribution is 2.38. The Kier molecular flexibility index (Phi) is 6.98. The van der Waals surface area contributed by atoms with Crippen molar-refractivity contribution in [3.05, 3.63) is 75.3 Å². The minimum absolute atomic E-state index is 0.123. The van der Waals surface area contributed by atoms with E-state index in [1.54, 1.807) is 31.4 Å². The van der Waals surface area contributed by atoms with Crippen LogP contribution in [0.1, 0.15) is 42.4 Å². The molecule has 1 aliphatic rings. The fourth-order valence-electron chi connectivity index (χ4n) is 3.67. The number of carbonyl (C=O) groups excluding carboxylic acids is 1. The van der Waals surface area contributed by atoms with Gasteiger partial charge in [-0.1, -0.05) is 36.9 Å². The van der Waals surface area contributed by atoms with Gasteiger partial charge in [-0.2, -0.15) is 0 Å². The van der Waals surface area contributed by atoms with Crippen LogP contribution in [0.25, 0.3) is 0 Å². The Morgan fingerprint density at radius 2 is 1.94 bits per heavy atom. The first-order valence-corrected chi connectivity index (χ1v) is 11.6. The number of nitrogens with one attached hydrogen (secondary N) is 2. The average molecular weight is 470 g/mol. The first-order valence-electron chi connectivity index (χ1n) is 10.6. The summed E-state index contributed by atoms with van der Waals surface area (Å²) in [5.74, 6) is 0.926. The van der Waals surface area contributed by atoms with Gasteiger partial charge in [-0.3, -0.25) is 9.59 Å². The zero-order valence-electron chi connectivity index (χ0n) is 18.3. The van der Waals surface area contributed by atoms with Crippen LogP contribution in [-0.4, -0.2) is 29.6 Å². The summed E-state index contributed by atoms with van der Waals surface area (Å²) in [6.07, 6.45) is 0.988. The summed E-state index contributed by atoms with van der Waals surface area (Å²) in [5.41, 5.74) is 1.76. The molecule has 3 aromatic rings. The topological polar surface area (TPSA) is 93.3 Å². The van der Waals surface area contributed by atoms with E-state index in [0.717, 1.165) is 17.5 Å². The number of benzene rings is 2. The predicted octanol–water partition coefficient (Wildman–Crippen LogP) is 4.47. The number of halogens is 1. The van der Waals surface area contributed by atoms with Crippen molar-refractivity contribution in [2.45, 2.75) is 36.6 Å². The maximum Gasteiger partial charge on any atom is 0.257 e. The van der Waals surface area contributed by atoms with Crippen molar-refractivity contribution in [3.8, 4) is 11.5 Å². The SMILES string of the molecule is CCCOc1ccc([C@H]2CC(=O)Nc3nc(SCc4ccc(F)cc4)[nH]c(=O)c32)cc1OC. The molecule has 0 saturated carbocycles. The Bertz CT molecular complexity index is 1210. The second-order valence-electron chi connectivity index (χ2n) is 7.61. The van der Waals surface area contributed by atoms with Crippen LogP contribution in [0.5, 0.6) is 11.5 Å². The van der Waals surface area contributed by atoms with Gasteiger partial charge < -0.3 is 19.8 Å². The van der Waals surface area contributed by atoms with Crippen molar-refractivity contribution in [1.29, 1.82) is 0 Å². The molecule has 172 valence electrons. The fraction of sp³-hybridized carbons (Fsp3) is 0.292. The highest BCUT2D eigenvalue weighted by molar-refractivity contribution is 7.98. The van der Waals surface area contributed by atoms with Gasteiger partial charge >= 0.3 is 0 Å². The Labute approximate surface area is 194 Å². The largest absolute Gasteiger partial charge is 0.493 e. The van der Waals surface area contributed by atoms with E-state index < -0.39 is 5.92 Å². The molecular formula is C24H24FN3O4S. The molecule has 0 radical (unpaired) electrons. The van der Waals surface area contributed by atoms with E-state index in [1.807, 2.05) is 13.0 Å². The van der Waals surface area contributed by atoms with Gasteiger partial charge in [0.15, 0.2) is 16.7 Å². The number of hydrogen-bond acceptors (Lipinski definition) is 6. The highest BCUT2D eigenvalue weighted by atomic mass is 32.2. The minimum Gasteiger partial charge on any atom is -0.493 e. The molecule has 1 amide bonds. The Morgan fingerprint density at radius 1 is 1.15 bits per heavy atom. The Balaban J connectivity index is 1.62. The van der Waals surface area contributed by atoms with Crippen LogP contribution in [0.15, 0.2) is 52.4 Å². The van der Waals surface area contributed by atoms with Gasteiger partial charge in [0.05, 0.1) is 19.3 Å². The van der Waals surface area contributed by atoms with Crippen molar-refractivity contribution < 1.29 is 18.7 Å². The van der Waals surface area contributed by atoms with Gasteiger partial charge in [0.1, 0.15) is 11.6 Å². The first-order chi connectivity index (χ1) is 16.0. The normalized spacial score (nSPS) is 15.0. The molecule has 0 saturated heterocycles. The molecule has 0 bridgehead atoms. The van der Waals surface area contributed by atoms with Gasteiger partial charge in [0.2, 0.25) is 5.91 Å². The smallest absolute Gasteiger partial charge is 0.257 e. The molecule has 0 unspecified atom stereocenters. The molecule has 1 aromatic heterocycles. The number of carbonyl (C=O) groups is 1. The lowest BCUT2D eigenvalue weighted by atomic mass is 9.86. The summed E-state index contributed by atoms with van der Waals surface area (Å²) in [6.45, 7) is 2.58. The lowest BCUT2D eigenvalue weighted by Gasteiger charge is -2.25. The van der Waals surface area contributed by atoms with Crippen LogP contribution >= 0.6 is 11.8 Å². The summed E-state index contributed by atoms with van der Waals surface area (Å²) in [6, 6.07) is 11.6. The fourth-order valence-corrected chi connectivity index (χ4v) is 4.48. The summed E-state index contributed by atoms with van der Waals surface area (Å²) < 4.78 is 24.3. The van der Waals surface area contributed by atoms with Gasteiger partial charge in [-0.25, -0.2) is 9.37 Å². The number of anilines is 1. The number of nitrogens with zero attached hydrogens (tertiary/aromatic N) is 1. The molecule has 2 aromatic carbocycles. The molecule has 2 N–H and O–H groups in total. The molecule has 0 aliphatic carbocycles. The maximum absolute atomic E-state index is 13.1. The molecular weight excluding hydrogens is 445 g/mol. The second kappa shape index (κ2) is 10.1. The first kappa shape index (κ1) is 22.8. The lowest BCUT2D eigenvalue weighted by Crippen LogP contribution is -2.31. The molecule has 1 atom stereocenters. The van der Waals surface area contributed by atoms with E-state index >= 15 is 0 Å². The van der Waals surface area contributed by atoms with Crippen molar-refractivity contribution in [2.75, 3.05) is 19.0 Å². The number of thioether (sulfide) groups is 1. The van der Waals surface area contributed by atoms with Gasteiger partial charge in [-0.05, 0) is 41.8 Å². The average Bonchev–Trinajstić information content (AvgIpc) is 2.81. The number of aromatic nitrogens is 2. The summed E-state index contributed by atoms with van der Waals surface area (Å²) >= 11 is 1.30. The highest BCUT2D eigenvalue weighted by Gasteiger charge is 2.31. The summed E-state index contributed by atoms with van der Waals surface area (Å²) in [5, 5.41) is 3.11. The zero-order chi connectivity index (χ0) is 23.4. The lowest BCUT2D eigenvalue weighted by molar-refractivity contribution is -0.116. The molecule has 0 spiro atoms. The molecule has 1 aliphatic heterocycles. The third kappa shape index (κ3) is 5.19. The standard InChI is InChI=1S/C24H24FN3O4S/c1-3-10-32-18-9-6-15(11-19(18)31-2)17-12-20(29)26-22-21(17)23(30)28-24(27-22)33-13-14-4-7-16(25)8-5-14/h4-9,11,17H,3,10,12-13H2,1-2H3,(H2,26,27,28,29,30)/t17-/m1/s1. The number of aromatic amines is 1. The van der Waals surface area contributed by atoms with E-state index in [9.17, 15) is 14.0 Å². The van der Waals surface area contributed by atoms with E-state index in [2.05, 4.69) is 15.3 Å². The van der Waals surface area contributed by atoms with Gasteiger partial charge in [0, 0.05) is 18.1 Å². The zero-order valence-corrected chi connectivity index (χ0v) is 19.1. The van der Waals surface area contributed by atoms with Crippen molar-refractivity contribution in [3.63, 3.8) is 0 Å². The second-order valence-corrected chi connectivity index (χ2v) is 8.58. The van der Waals surface area contributed by atoms with Crippen LogP contribution in [0.3, 0.4) is 0 Å². The van der Waals surface area contributed by atoms with Crippen molar-refractivity contribution in [2.24, 2.45) is 0 Å². The Hall–Kier alpha value is -3.33. The number of fused-ring (bicyclic) bond motifs is 1. The molecule has 0 fully saturated rings. The number of H-pyrrole nitrogens is 1. The van der Waals surface area contributed by atoms with Crippen LogP contribution in [0.2, 0.25) is 0 Å². The molecule has 4 rings (SSSR count). The van der Waals surface area contributed by atoms with Crippen LogP contribution < -0.4 is 20.3 Å². The van der Waals surface area contributed by atoms with Gasteiger partial charge in [0.25, 0.3) is 5.56 Å². The van der Waals surface area contributed by atoms with Crippen LogP contribution in [-0.2, 0) is 10.5 Å². The van der Waals surface area contributed by atoms with E-state index in [-0.39, 0.29) is 29.5 Å². The summed E-state index contributed by atoms with van der Waals surface area (Å²) in [7, 11) is 1.55. The maximum atomic E-state index is 13.1. The summed E-state index contributed by atoms with van der Waals surface area (Å²) in [4.78, 5) is 32.8. The predicted molar refractivity (Wildman–Crippen MR) is 125 cm³/mol. The minimum atomic E-state index is -0.463. The molecule has 2 heterocycles. The third-order valence-corrected chi connectivity index (χ3v) is 6.21. The molecule has 9 heteroatoms. The number of methoxy groups -OCH3 is 1.